The van der Waals surface area contributed by atoms with Crippen LogP contribution in [-0.2, 0) is 0 Å². The van der Waals surface area contributed by atoms with Gasteiger partial charge >= 0.3 is 0 Å². The molecular weight excluding hydrogens is 246 g/mol. The largest absolute Gasteiger partial charge is 0.304 e. The van der Waals surface area contributed by atoms with Gasteiger partial charge in [-0.25, -0.2) is 0 Å². The van der Waals surface area contributed by atoms with Gasteiger partial charge in [0.2, 0.25) is 0 Å². The number of hydrazine groups is 1. The van der Waals surface area contributed by atoms with Crippen molar-refractivity contribution in [1.82, 2.24) is 10.3 Å². The van der Waals surface area contributed by atoms with Crippen LogP contribution in [-0.4, -0.2) is 24.5 Å². The SMILES string of the molecule is CCN(CC)CCC(NN)c1cccc2ccccc12. The zero-order chi connectivity index (χ0) is 14.4. The summed E-state index contributed by atoms with van der Waals surface area (Å²) in [5, 5.41) is 2.56. The first-order valence-electron chi connectivity index (χ1n) is 7.46. The van der Waals surface area contributed by atoms with E-state index in [1.807, 2.05) is 0 Å². The van der Waals surface area contributed by atoms with Crippen molar-refractivity contribution in [2.45, 2.75) is 26.3 Å². The lowest BCUT2D eigenvalue weighted by Gasteiger charge is -2.23. The molecule has 2 aromatic carbocycles. The molecule has 3 heteroatoms. The zero-order valence-electron chi connectivity index (χ0n) is 12.5. The normalized spacial score (nSPS) is 13.0. The number of hydrogen-bond donors (Lipinski definition) is 2. The summed E-state index contributed by atoms with van der Waals surface area (Å²) in [6.45, 7) is 7.64. The van der Waals surface area contributed by atoms with Crippen LogP contribution >= 0.6 is 0 Å². The van der Waals surface area contributed by atoms with Crippen molar-refractivity contribution in [3.8, 4) is 0 Å². The standard InChI is InChI=1S/C17H25N3/c1-3-20(4-2)13-12-17(19-18)16-11-7-9-14-8-5-6-10-15(14)16/h5-11,17,19H,3-4,12-13,18H2,1-2H3. The third-order valence-corrected chi connectivity index (χ3v) is 4.03. The highest BCUT2D eigenvalue weighted by atomic mass is 15.2. The molecule has 0 aliphatic heterocycles. The molecule has 2 aromatic rings. The van der Waals surface area contributed by atoms with E-state index in [1.165, 1.54) is 16.3 Å². The maximum atomic E-state index is 5.80. The number of rotatable bonds is 7. The van der Waals surface area contributed by atoms with E-state index in [9.17, 15) is 0 Å². The van der Waals surface area contributed by atoms with Crippen molar-refractivity contribution in [2.75, 3.05) is 19.6 Å². The number of nitrogens with one attached hydrogen (secondary N) is 1. The van der Waals surface area contributed by atoms with Crippen LogP contribution < -0.4 is 11.3 Å². The number of hydrogen-bond acceptors (Lipinski definition) is 3. The Morgan fingerprint density at radius 1 is 1.05 bits per heavy atom. The molecule has 0 spiro atoms. The van der Waals surface area contributed by atoms with Gasteiger partial charge in [-0.05, 0) is 42.4 Å². The third-order valence-electron chi connectivity index (χ3n) is 4.03. The molecule has 3 nitrogen and oxygen atoms in total. The van der Waals surface area contributed by atoms with Crippen molar-refractivity contribution in [1.29, 1.82) is 0 Å². The molecule has 1 unspecified atom stereocenters. The van der Waals surface area contributed by atoms with E-state index in [-0.39, 0.29) is 6.04 Å². The average molecular weight is 271 g/mol. The van der Waals surface area contributed by atoms with Crippen LogP contribution in [0.2, 0.25) is 0 Å². The van der Waals surface area contributed by atoms with E-state index in [2.05, 4.69) is 66.6 Å². The lowest BCUT2D eigenvalue weighted by Crippen LogP contribution is -2.32. The first-order valence-corrected chi connectivity index (χ1v) is 7.46. The molecule has 3 N–H and O–H groups in total. The van der Waals surface area contributed by atoms with Crippen molar-refractivity contribution < 1.29 is 0 Å². The highest BCUT2D eigenvalue weighted by molar-refractivity contribution is 5.86. The lowest BCUT2D eigenvalue weighted by atomic mass is 9.97. The summed E-state index contributed by atoms with van der Waals surface area (Å²) in [7, 11) is 0. The van der Waals surface area contributed by atoms with E-state index < -0.39 is 0 Å². The Hall–Kier alpha value is -1.42. The topological polar surface area (TPSA) is 41.3 Å². The van der Waals surface area contributed by atoms with E-state index in [0.29, 0.717) is 0 Å². The highest BCUT2D eigenvalue weighted by Crippen LogP contribution is 2.25. The van der Waals surface area contributed by atoms with Gasteiger partial charge in [0.25, 0.3) is 0 Å². The molecule has 108 valence electrons. The number of fused-ring (bicyclic) bond motifs is 1. The van der Waals surface area contributed by atoms with Gasteiger partial charge < -0.3 is 4.90 Å². The monoisotopic (exact) mass is 271 g/mol. The summed E-state index contributed by atoms with van der Waals surface area (Å²) < 4.78 is 0. The van der Waals surface area contributed by atoms with Crippen molar-refractivity contribution in [3.63, 3.8) is 0 Å². The smallest absolute Gasteiger partial charge is 0.0478 e. The molecule has 20 heavy (non-hydrogen) atoms. The second kappa shape index (κ2) is 7.39. The van der Waals surface area contributed by atoms with Gasteiger partial charge in [0.15, 0.2) is 0 Å². The van der Waals surface area contributed by atoms with Gasteiger partial charge in [-0.1, -0.05) is 56.3 Å². The van der Waals surface area contributed by atoms with Crippen molar-refractivity contribution >= 4 is 10.8 Å². The fourth-order valence-corrected chi connectivity index (χ4v) is 2.73. The van der Waals surface area contributed by atoms with Gasteiger partial charge in [-0.15, -0.1) is 0 Å². The lowest BCUT2D eigenvalue weighted by molar-refractivity contribution is 0.282. The Balaban J connectivity index is 2.21. The Kier molecular flexibility index (Phi) is 5.53. The minimum atomic E-state index is 0.196. The van der Waals surface area contributed by atoms with E-state index in [1.54, 1.807) is 0 Å². The van der Waals surface area contributed by atoms with Crippen LogP contribution in [0.3, 0.4) is 0 Å². The van der Waals surface area contributed by atoms with Crippen LogP contribution in [0, 0.1) is 0 Å². The van der Waals surface area contributed by atoms with Crippen molar-refractivity contribution in [3.05, 3.63) is 48.0 Å². The first kappa shape index (κ1) is 15.0. The summed E-state index contributed by atoms with van der Waals surface area (Å²) in [5.74, 6) is 5.80. The average Bonchev–Trinajstić information content (AvgIpc) is 2.51. The van der Waals surface area contributed by atoms with E-state index in [0.717, 1.165) is 26.1 Å². The summed E-state index contributed by atoms with van der Waals surface area (Å²) in [4.78, 5) is 2.43. The second-order valence-corrected chi connectivity index (χ2v) is 5.10. The minimum absolute atomic E-state index is 0.196. The fourth-order valence-electron chi connectivity index (χ4n) is 2.73. The molecule has 0 aliphatic carbocycles. The van der Waals surface area contributed by atoms with Gasteiger partial charge in [0, 0.05) is 6.04 Å². The summed E-state index contributed by atoms with van der Waals surface area (Å²) in [6.07, 6.45) is 1.02. The maximum Gasteiger partial charge on any atom is 0.0478 e. The molecular formula is C17H25N3. The van der Waals surface area contributed by atoms with Gasteiger partial charge in [-0.3, -0.25) is 11.3 Å². The van der Waals surface area contributed by atoms with Crippen LogP contribution in [0.1, 0.15) is 31.9 Å². The summed E-state index contributed by atoms with van der Waals surface area (Å²) in [6, 6.07) is 15.1. The molecule has 0 fully saturated rings. The molecule has 0 saturated carbocycles. The Labute approximate surface area is 121 Å². The zero-order valence-corrected chi connectivity index (χ0v) is 12.5. The molecule has 1 atom stereocenters. The first-order chi connectivity index (χ1) is 9.80. The Morgan fingerprint density at radius 2 is 1.75 bits per heavy atom. The third kappa shape index (κ3) is 3.37. The van der Waals surface area contributed by atoms with Crippen LogP contribution in [0.25, 0.3) is 10.8 Å². The molecule has 0 aliphatic rings. The van der Waals surface area contributed by atoms with Crippen LogP contribution in [0.15, 0.2) is 42.5 Å². The number of nitrogens with zero attached hydrogens (tertiary/aromatic N) is 1. The number of nitrogens with two attached hydrogens (primary N) is 1. The molecule has 0 aromatic heterocycles. The van der Waals surface area contributed by atoms with Crippen LogP contribution in [0.5, 0.6) is 0 Å². The molecule has 0 radical (unpaired) electrons. The van der Waals surface area contributed by atoms with Gasteiger partial charge in [-0.2, -0.15) is 0 Å². The van der Waals surface area contributed by atoms with E-state index in [4.69, 9.17) is 5.84 Å². The highest BCUT2D eigenvalue weighted by Gasteiger charge is 2.13. The predicted molar refractivity (Wildman–Crippen MR) is 86.4 cm³/mol. The number of benzene rings is 2. The maximum absolute atomic E-state index is 5.80. The van der Waals surface area contributed by atoms with Gasteiger partial charge in [0.1, 0.15) is 0 Å². The molecule has 0 saturated heterocycles. The quantitative estimate of drug-likeness (QED) is 0.600. The second-order valence-electron chi connectivity index (χ2n) is 5.10. The van der Waals surface area contributed by atoms with E-state index >= 15 is 0 Å². The van der Waals surface area contributed by atoms with Crippen molar-refractivity contribution in [2.24, 2.45) is 5.84 Å². The van der Waals surface area contributed by atoms with Crippen LogP contribution in [0.4, 0.5) is 0 Å². The summed E-state index contributed by atoms with van der Waals surface area (Å²) in [5.41, 5.74) is 4.28. The molecule has 0 bridgehead atoms. The molecule has 2 rings (SSSR count). The fraction of sp³-hybridized carbons (Fsp3) is 0.412. The Bertz CT molecular complexity index is 529. The molecule has 0 heterocycles. The minimum Gasteiger partial charge on any atom is -0.304 e. The molecule has 0 amide bonds. The summed E-state index contributed by atoms with van der Waals surface area (Å²) >= 11 is 0. The predicted octanol–water partition coefficient (Wildman–Crippen LogP) is 3.08. The Morgan fingerprint density at radius 3 is 2.45 bits per heavy atom. The van der Waals surface area contributed by atoms with Gasteiger partial charge in [0.05, 0.1) is 0 Å².